The van der Waals surface area contributed by atoms with Gasteiger partial charge in [0, 0.05) is 24.5 Å². The number of rotatable bonds is 5. The number of carbonyl (C=O) groups is 2. The number of anilines is 2. The number of carbonyl (C=O) groups excluding carboxylic acids is 2. The summed E-state index contributed by atoms with van der Waals surface area (Å²) >= 11 is 0. The van der Waals surface area contributed by atoms with Crippen molar-refractivity contribution in [3.63, 3.8) is 0 Å². The molecular weight excluding hydrogens is 334 g/mol. The third-order valence-electron chi connectivity index (χ3n) is 4.05. The second-order valence-corrected chi connectivity index (χ2v) is 5.60. The van der Waals surface area contributed by atoms with Crippen LogP contribution < -0.4 is 14.5 Å². The second kappa shape index (κ2) is 7.57. The molecule has 7 nitrogen and oxygen atoms in total. The number of hydrogen-bond donors (Lipinski definition) is 0. The van der Waals surface area contributed by atoms with Crippen molar-refractivity contribution in [2.24, 2.45) is 0 Å². The molecule has 2 aromatic carbocycles. The van der Waals surface area contributed by atoms with Crippen molar-refractivity contribution < 1.29 is 19.1 Å². The Bertz CT molecular complexity index is 841. The van der Waals surface area contributed by atoms with Crippen LogP contribution in [0.5, 0.6) is 5.75 Å². The van der Waals surface area contributed by atoms with Gasteiger partial charge < -0.3 is 9.47 Å². The molecule has 0 saturated carbocycles. The Morgan fingerprint density at radius 2 is 1.58 bits per heavy atom. The molecule has 0 aliphatic carbocycles. The average molecular weight is 351 g/mol. The van der Waals surface area contributed by atoms with Gasteiger partial charge in [-0.2, -0.15) is 5.26 Å². The predicted molar refractivity (Wildman–Crippen MR) is 95.2 cm³/mol. The number of nitrogens with zero attached hydrogens (tertiary/aromatic N) is 3. The quantitative estimate of drug-likeness (QED) is 0.773. The molecule has 2 aromatic rings. The van der Waals surface area contributed by atoms with Crippen molar-refractivity contribution in [1.29, 1.82) is 5.26 Å². The SMILES string of the molecule is COC(=O)COc1ccc(N2CCN(c3ccc(C#N)cc3)C2=O)cc1. The van der Waals surface area contributed by atoms with Crippen LogP contribution in [0.2, 0.25) is 0 Å². The molecule has 0 aromatic heterocycles. The molecule has 0 bridgehead atoms. The molecule has 0 atom stereocenters. The van der Waals surface area contributed by atoms with E-state index in [1.807, 2.05) is 0 Å². The third kappa shape index (κ3) is 3.59. The van der Waals surface area contributed by atoms with E-state index in [1.165, 1.54) is 7.11 Å². The zero-order valence-electron chi connectivity index (χ0n) is 14.2. The molecule has 1 aliphatic rings. The average Bonchev–Trinajstić information content (AvgIpc) is 3.08. The Hall–Kier alpha value is -3.53. The maximum absolute atomic E-state index is 12.7. The van der Waals surface area contributed by atoms with Crippen LogP contribution in [-0.4, -0.2) is 38.8 Å². The van der Waals surface area contributed by atoms with Crippen molar-refractivity contribution in [3.8, 4) is 11.8 Å². The van der Waals surface area contributed by atoms with Crippen LogP contribution in [0, 0.1) is 11.3 Å². The topological polar surface area (TPSA) is 82.9 Å². The Kier molecular flexibility index (Phi) is 5.04. The highest BCUT2D eigenvalue weighted by Crippen LogP contribution is 2.26. The number of nitriles is 1. The van der Waals surface area contributed by atoms with Crippen LogP contribution in [0.25, 0.3) is 0 Å². The van der Waals surface area contributed by atoms with Crippen LogP contribution >= 0.6 is 0 Å². The van der Waals surface area contributed by atoms with E-state index in [2.05, 4.69) is 10.8 Å². The van der Waals surface area contributed by atoms with E-state index in [9.17, 15) is 9.59 Å². The van der Waals surface area contributed by atoms with Gasteiger partial charge in [0.2, 0.25) is 0 Å². The lowest BCUT2D eigenvalue weighted by molar-refractivity contribution is -0.142. The monoisotopic (exact) mass is 351 g/mol. The molecule has 2 amide bonds. The molecule has 1 fully saturated rings. The van der Waals surface area contributed by atoms with E-state index in [0.717, 1.165) is 11.4 Å². The van der Waals surface area contributed by atoms with Gasteiger partial charge in [-0.25, -0.2) is 9.59 Å². The van der Waals surface area contributed by atoms with Gasteiger partial charge in [-0.15, -0.1) is 0 Å². The van der Waals surface area contributed by atoms with E-state index < -0.39 is 5.97 Å². The smallest absolute Gasteiger partial charge is 0.343 e. The zero-order chi connectivity index (χ0) is 18.5. The molecule has 0 N–H and O–H groups in total. The number of amides is 2. The number of methoxy groups -OCH3 is 1. The molecule has 0 unspecified atom stereocenters. The van der Waals surface area contributed by atoms with E-state index >= 15 is 0 Å². The standard InChI is InChI=1S/C19H17N3O4/c1-25-18(23)13-26-17-8-6-16(7-9-17)22-11-10-21(19(22)24)15-4-2-14(12-20)3-5-15/h2-9H,10-11,13H2,1H3. The van der Waals surface area contributed by atoms with Gasteiger partial charge in [0.15, 0.2) is 6.61 Å². The van der Waals surface area contributed by atoms with Crippen molar-refractivity contribution in [2.75, 3.05) is 36.6 Å². The molecule has 1 aliphatic heterocycles. The zero-order valence-corrected chi connectivity index (χ0v) is 14.2. The van der Waals surface area contributed by atoms with Gasteiger partial charge in [-0.3, -0.25) is 9.80 Å². The van der Waals surface area contributed by atoms with Crippen LogP contribution in [0.1, 0.15) is 5.56 Å². The molecule has 7 heteroatoms. The summed E-state index contributed by atoms with van der Waals surface area (Å²) in [6.07, 6.45) is 0. The lowest BCUT2D eigenvalue weighted by atomic mass is 10.2. The summed E-state index contributed by atoms with van der Waals surface area (Å²) in [6.45, 7) is 0.956. The van der Waals surface area contributed by atoms with E-state index in [1.54, 1.807) is 58.3 Å². The second-order valence-electron chi connectivity index (χ2n) is 5.60. The fourth-order valence-electron chi connectivity index (χ4n) is 2.66. The minimum absolute atomic E-state index is 0.127. The van der Waals surface area contributed by atoms with Crippen molar-refractivity contribution >= 4 is 23.4 Å². The maximum atomic E-state index is 12.7. The highest BCUT2D eigenvalue weighted by molar-refractivity contribution is 6.06. The molecule has 0 spiro atoms. The van der Waals surface area contributed by atoms with Gasteiger partial charge in [0.1, 0.15) is 5.75 Å². The Balaban J connectivity index is 1.67. The Morgan fingerprint density at radius 3 is 2.08 bits per heavy atom. The first-order valence-electron chi connectivity index (χ1n) is 8.01. The highest BCUT2D eigenvalue weighted by Gasteiger charge is 2.30. The number of urea groups is 1. The van der Waals surface area contributed by atoms with E-state index in [4.69, 9.17) is 10.00 Å². The van der Waals surface area contributed by atoms with Gasteiger partial charge in [-0.05, 0) is 48.5 Å². The minimum Gasteiger partial charge on any atom is -0.482 e. The van der Waals surface area contributed by atoms with Crippen LogP contribution in [0.4, 0.5) is 16.2 Å². The first-order valence-corrected chi connectivity index (χ1v) is 8.01. The summed E-state index contributed by atoms with van der Waals surface area (Å²) in [5.41, 5.74) is 2.06. The number of esters is 1. The molecule has 26 heavy (non-hydrogen) atoms. The predicted octanol–water partition coefficient (Wildman–Crippen LogP) is 2.56. The third-order valence-corrected chi connectivity index (χ3v) is 4.05. The van der Waals surface area contributed by atoms with Gasteiger partial charge in [-0.1, -0.05) is 0 Å². The molecule has 1 saturated heterocycles. The highest BCUT2D eigenvalue weighted by atomic mass is 16.6. The Labute approximate surface area is 150 Å². The minimum atomic E-state index is -0.457. The van der Waals surface area contributed by atoms with Crippen LogP contribution in [0.15, 0.2) is 48.5 Å². The van der Waals surface area contributed by atoms with Crippen LogP contribution in [0.3, 0.4) is 0 Å². The van der Waals surface area contributed by atoms with Gasteiger partial charge in [0.05, 0.1) is 18.7 Å². The summed E-state index contributed by atoms with van der Waals surface area (Å²) in [4.78, 5) is 27.1. The number of ether oxygens (including phenoxy) is 2. The number of benzene rings is 2. The van der Waals surface area contributed by atoms with Crippen molar-refractivity contribution in [1.82, 2.24) is 0 Å². The molecule has 132 valence electrons. The lowest BCUT2D eigenvalue weighted by Crippen LogP contribution is -2.31. The maximum Gasteiger partial charge on any atom is 0.343 e. The summed E-state index contributed by atoms with van der Waals surface area (Å²) in [5.74, 6) is 0.0663. The van der Waals surface area contributed by atoms with Crippen molar-refractivity contribution in [3.05, 3.63) is 54.1 Å². The number of hydrogen-bond acceptors (Lipinski definition) is 5. The fraction of sp³-hybridized carbons (Fsp3) is 0.211. The molecule has 3 rings (SSSR count). The van der Waals surface area contributed by atoms with E-state index in [-0.39, 0.29) is 12.6 Å². The van der Waals surface area contributed by atoms with Gasteiger partial charge in [0.25, 0.3) is 0 Å². The summed E-state index contributed by atoms with van der Waals surface area (Å²) < 4.78 is 9.82. The molecular formula is C19H17N3O4. The molecule has 0 radical (unpaired) electrons. The lowest BCUT2D eigenvalue weighted by Gasteiger charge is -2.19. The normalized spacial score (nSPS) is 13.5. The van der Waals surface area contributed by atoms with Crippen LogP contribution in [-0.2, 0) is 9.53 Å². The Morgan fingerprint density at radius 1 is 1.04 bits per heavy atom. The van der Waals surface area contributed by atoms with Gasteiger partial charge >= 0.3 is 12.0 Å². The fourth-order valence-corrected chi connectivity index (χ4v) is 2.66. The van der Waals surface area contributed by atoms with Crippen molar-refractivity contribution in [2.45, 2.75) is 0 Å². The largest absolute Gasteiger partial charge is 0.482 e. The first-order chi connectivity index (χ1) is 12.6. The molecule has 1 heterocycles. The van der Waals surface area contributed by atoms with E-state index in [0.29, 0.717) is 24.4 Å². The summed E-state index contributed by atoms with van der Waals surface area (Å²) in [6, 6.07) is 15.8. The first kappa shape index (κ1) is 17.3. The summed E-state index contributed by atoms with van der Waals surface area (Å²) in [5, 5.41) is 8.87. The summed E-state index contributed by atoms with van der Waals surface area (Å²) in [7, 11) is 1.30.